The summed E-state index contributed by atoms with van der Waals surface area (Å²) in [6, 6.07) is 2.94. The Balaban J connectivity index is 3.22. The van der Waals surface area contributed by atoms with E-state index in [-0.39, 0.29) is 5.03 Å². The largest absolute Gasteiger partial charge is 0.222 e. The second-order valence-corrected chi connectivity index (χ2v) is 3.80. The maximum absolute atomic E-state index is 10.7. The van der Waals surface area contributed by atoms with E-state index in [1.165, 1.54) is 18.3 Å². The van der Waals surface area contributed by atoms with Crippen molar-refractivity contribution >= 4 is 9.84 Å². The SMILES string of the molecule is CS(=O)(=O)c1cccnn1. The summed E-state index contributed by atoms with van der Waals surface area (Å²) in [4.78, 5) is 0. The molecule has 0 N–H and O–H groups in total. The lowest BCUT2D eigenvalue weighted by Crippen LogP contribution is -2.00. The second kappa shape index (κ2) is 2.34. The first kappa shape index (κ1) is 7.14. The van der Waals surface area contributed by atoms with Crippen LogP contribution in [-0.2, 0) is 9.84 Å². The highest BCUT2D eigenvalue weighted by Crippen LogP contribution is 1.99. The van der Waals surface area contributed by atoms with Gasteiger partial charge < -0.3 is 0 Å². The quantitative estimate of drug-likeness (QED) is 0.571. The van der Waals surface area contributed by atoms with Crippen molar-refractivity contribution < 1.29 is 8.42 Å². The van der Waals surface area contributed by atoms with Crippen LogP contribution in [0.3, 0.4) is 0 Å². The van der Waals surface area contributed by atoms with E-state index in [9.17, 15) is 8.42 Å². The number of rotatable bonds is 1. The summed E-state index contributed by atoms with van der Waals surface area (Å²) >= 11 is 0. The minimum Gasteiger partial charge on any atom is -0.222 e. The van der Waals surface area contributed by atoms with Gasteiger partial charge >= 0.3 is 0 Å². The van der Waals surface area contributed by atoms with Gasteiger partial charge in [0.15, 0.2) is 14.9 Å². The lowest BCUT2D eigenvalue weighted by Gasteiger charge is -1.91. The van der Waals surface area contributed by atoms with Crippen LogP contribution in [0.25, 0.3) is 0 Å². The molecular formula is C5H6N2O2S. The zero-order valence-corrected chi connectivity index (χ0v) is 6.17. The Morgan fingerprint density at radius 2 is 2.20 bits per heavy atom. The molecular weight excluding hydrogens is 152 g/mol. The first-order chi connectivity index (χ1) is 4.61. The first-order valence-corrected chi connectivity index (χ1v) is 4.47. The van der Waals surface area contributed by atoms with Gasteiger partial charge in [0, 0.05) is 12.5 Å². The zero-order valence-electron chi connectivity index (χ0n) is 5.35. The molecule has 0 saturated heterocycles. The Bertz CT molecular complexity index is 306. The van der Waals surface area contributed by atoms with Crippen molar-refractivity contribution in [2.75, 3.05) is 6.26 Å². The fourth-order valence-corrected chi connectivity index (χ4v) is 1.01. The lowest BCUT2D eigenvalue weighted by atomic mass is 10.6. The van der Waals surface area contributed by atoms with Crippen LogP contribution in [0.1, 0.15) is 0 Å². The summed E-state index contributed by atoms with van der Waals surface area (Å²) in [5.41, 5.74) is 0. The van der Waals surface area contributed by atoms with Gasteiger partial charge in [0.25, 0.3) is 0 Å². The Morgan fingerprint density at radius 1 is 1.50 bits per heavy atom. The van der Waals surface area contributed by atoms with Gasteiger partial charge in [-0.2, -0.15) is 5.10 Å². The van der Waals surface area contributed by atoms with Crippen LogP contribution in [-0.4, -0.2) is 24.9 Å². The molecule has 0 aliphatic carbocycles. The highest BCUT2D eigenvalue weighted by atomic mass is 32.2. The molecule has 0 aliphatic heterocycles. The Morgan fingerprint density at radius 3 is 2.50 bits per heavy atom. The van der Waals surface area contributed by atoms with E-state index < -0.39 is 9.84 Å². The third kappa shape index (κ3) is 1.51. The van der Waals surface area contributed by atoms with Gasteiger partial charge in [-0.3, -0.25) is 0 Å². The van der Waals surface area contributed by atoms with Crippen LogP contribution in [0.4, 0.5) is 0 Å². The third-order valence-electron chi connectivity index (χ3n) is 0.928. The van der Waals surface area contributed by atoms with Crippen molar-refractivity contribution in [3.05, 3.63) is 18.3 Å². The average Bonchev–Trinajstić information content (AvgIpc) is 1.88. The van der Waals surface area contributed by atoms with Crippen LogP contribution in [0, 0.1) is 0 Å². The van der Waals surface area contributed by atoms with Crippen molar-refractivity contribution in [1.29, 1.82) is 0 Å². The maximum Gasteiger partial charge on any atom is 0.194 e. The monoisotopic (exact) mass is 158 g/mol. The van der Waals surface area contributed by atoms with E-state index >= 15 is 0 Å². The number of nitrogens with zero attached hydrogens (tertiary/aromatic N) is 2. The molecule has 54 valence electrons. The molecule has 0 aromatic carbocycles. The van der Waals surface area contributed by atoms with Gasteiger partial charge in [-0.25, -0.2) is 8.42 Å². The summed E-state index contributed by atoms with van der Waals surface area (Å²) in [6.07, 6.45) is 2.52. The smallest absolute Gasteiger partial charge is 0.194 e. The van der Waals surface area contributed by atoms with Gasteiger partial charge in [-0.05, 0) is 12.1 Å². The topological polar surface area (TPSA) is 59.9 Å². The van der Waals surface area contributed by atoms with Crippen LogP contribution < -0.4 is 0 Å². The van der Waals surface area contributed by atoms with Crippen molar-refractivity contribution in [3.63, 3.8) is 0 Å². The van der Waals surface area contributed by atoms with Gasteiger partial charge in [-0.1, -0.05) is 0 Å². The minimum absolute atomic E-state index is 0.00926. The maximum atomic E-state index is 10.7. The standard InChI is InChI=1S/C5H6N2O2S/c1-10(8,9)5-3-2-4-6-7-5/h2-4H,1H3. The molecule has 1 aromatic rings. The summed E-state index contributed by atoms with van der Waals surface area (Å²) in [7, 11) is -3.18. The molecule has 0 aliphatic rings. The number of aromatic nitrogens is 2. The van der Waals surface area contributed by atoms with Crippen LogP contribution in [0.15, 0.2) is 23.4 Å². The first-order valence-electron chi connectivity index (χ1n) is 2.58. The van der Waals surface area contributed by atoms with Crippen molar-refractivity contribution in [1.82, 2.24) is 10.2 Å². The number of sulfone groups is 1. The molecule has 0 bridgehead atoms. The molecule has 0 spiro atoms. The lowest BCUT2D eigenvalue weighted by molar-refractivity contribution is 0.596. The Labute approximate surface area is 58.8 Å². The van der Waals surface area contributed by atoms with E-state index in [1.807, 2.05) is 0 Å². The van der Waals surface area contributed by atoms with E-state index in [4.69, 9.17) is 0 Å². The number of hydrogen-bond acceptors (Lipinski definition) is 4. The van der Waals surface area contributed by atoms with Crippen LogP contribution in [0.5, 0.6) is 0 Å². The van der Waals surface area contributed by atoms with E-state index in [0.29, 0.717) is 0 Å². The van der Waals surface area contributed by atoms with Crippen LogP contribution >= 0.6 is 0 Å². The highest BCUT2D eigenvalue weighted by molar-refractivity contribution is 7.90. The number of hydrogen-bond donors (Lipinski definition) is 0. The summed E-state index contributed by atoms with van der Waals surface area (Å²) < 4.78 is 21.5. The zero-order chi connectivity index (χ0) is 7.61. The van der Waals surface area contributed by atoms with Gasteiger partial charge in [0.05, 0.1) is 0 Å². The highest BCUT2D eigenvalue weighted by Gasteiger charge is 2.06. The molecule has 1 rings (SSSR count). The molecule has 0 amide bonds. The second-order valence-electron chi connectivity index (χ2n) is 1.83. The summed E-state index contributed by atoms with van der Waals surface area (Å²) in [6.45, 7) is 0. The molecule has 0 saturated carbocycles. The molecule has 1 aromatic heterocycles. The molecule has 1 heterocycles. The molecule has 0 fully saturated rings. The Kier molecular flexibility index (Phi) is 1.67. The summed E-state index contributed by atoms with van der Waals surface area (Å²) in [5, 5.41) is 6.84. The van der Waals surface area contributed by atoms with Crippen molar-refractivity contribution in [2.24, 2.45) is 0 Å². The minimum atomic E-state index is -3.18. The molecule has 5 heteroatoms. The van der Waals surface area contributed by atoms with Gasteiger partial charge in [0.1, 0.15) is 0 Å². The van der Waals surface area contributed by atoms with E-state index in [1.54, 1.807) is 0 Å². The molecule has 4 nitrogen and oxygen atoms in total. The third-order valence-corrected chi connectivity index (χ3v) is 1.91. The van der Waals surface area contributed by atoms with Crippen LogP contribution in [0.2, 0.25) is 0 Å². The molecule has 0 atom stereocenters. The molecule has 10 heavy (non-hydrogen) atoms. The predicted octanol–water partition coefficient (Wildman–Crippen LogP) is -0.120. The van der Waals surface area contributed by atoms with E-state index in [2.05, 4.69) is 10.2 Å². The fourth-order valence-electron chi connectivity index (χ4n) is 0.485. The van der Waals surface area contributed by atoms with Gasteiger partial charge in [-0.15, -0.1) is 5.10 Å². The fraction of sp³-hybridized carbons (Fsp3) is 0.200. The predicted molar refractivity (Wildman–Crippen MR) is 35.1 cm³/mol. The summed E-state index contributed by atoms with van der Waals surface area (Å²) in [5.74, 6) is 0. The molecule has 0 unspecified atom stereocenters. The van der Waals surface area contributed by atoms with Crippen molar-refractivity contribution in [2.45, 2.75) is 5.03 Å². The average molecular weight is 158 g/mol. The van der Waals surface area contributed by atoms with E-state index in [0.717, 1.165) is 6.26 Å². The van der Waals surface area contributed by atoms with Crippen molar-refractivity contribution in [3.8, 4) is 0 Å². The molecule has 0 radical (unpaired) electrons. The Hall–Kier alpha value is -0.970. The normalized spacial score (nSPS) is 11.3. The van der Waals surface area contributed by atoms with Gasteiger partial charge in [0.2, 0.25) is 0 Å².